The van der Waals surface area contributed by atoms with Gasteiger partial charge in [-0.2, -0.15) is 0 Å². The first-order valence-electron chi connectivity index (χ1n) is 10.2. The predicted octanol–water partition coefficient (Wildman–Crippen LogP) is 3.10. The molecule has 1 aromatic rings. The van der Waals surface area contributed by atoms with Gasteiger partial charge in [-0.3, -0.25) is 24.1 Å². The number of ketones is 2. The number of imide groups is 1. The number of carbonyl (C=O) groups is 4. The average Bonchev–Trinajstić information content (AvgIpc) is 2.95. The van der Waals surface area contributed by atoms with E-state index in [2.05, 4.69) is 0 Å². The van der Waals surface area contributed by atoms with Crippen LogP contribution in [0.25, 0.3) is 0 Å². The van der Waals surface area contributed by atoms with E-state index >= 15 is 0 Å². The molecule has 1 aromatic carbocycles. The third-order valence-electron chi connectivity index (χ3n) is 7.08. The fourth-order valence-electron chi connectivity index (χ4n) is 5.65. The molecule has 1 heterocycles. The number of aromatic hydroxyl groups is 1. The van der Waals surface area contributed by atoms with Crippen molar-refractivity contribution in [2.45, 2.75) is 25.7 Å². The highest BCUT2D eigenvalue weighted by molar-refractivity contribution is 6.32. The average molecular weight is 438 g/mol. The number of allylic oxidation sites excluding steroid dienone is 6. The standard InChI is InChI=1S/C24H20ClNO5/c1-10-7-18(28)21-16(22(10)29)9-15-12(19(21)13-4-3-11(27)8-17(13)25)5-6-14-20(15)24(31)26(2)23(14)30/h3-5,7-8,14-15,19-20,27H,6,9H2,1-2H3/t14-,15+,19+,20-/m0/s1. The lowest BCUT2D eigenvalue weighted by atomic mass is 9.59. The fourth-order valence-corrected chi connectivity index (χ4v) is 5.93. The van der Waals surface area contributed by atoms with Crippen LogP contribution in [0.4, 0.5) is 0 Å². The molecule has 6 nitrogen and oxygen atoms in total. The van der Waals surface area contributed by atoms with Crippen molar-refractivity contribution in [1.29, 1.82) is 0 Å². The molecule has 158 valence electrons. The molecule has 0 unspecified atom stereocenters. The Morgan fingerprint density at radius 2 is 1.84 bits per heavy atom. The molecular weight excluding hydrogens is 418 g/mol. The lowest BCUT2D eigenvalue weighted by Crippen LogP contribution is -2.39. The second kappa shape index (κ2) is 6.76. The normalized spacial score (nSPS) is 30.1. The van der Waals surface area contributed by atoms with Crippen LogP contribution in [0.2, 0.25) is 5.02 Å². The molecule has 4 atom stereocenters. The quantitative estimate of drug-likeness (QED) is 0.414. The van der Waals surface area contributed by atoms with E-state index in [9.17, 15) is 24.3 Å². The molecule has 0 saturated carbocycles. The SMILES string of the molecule is CC1=CC(=O)C2=C(C[C@@H]3C(=CC[C@@H]4C(=O)N(C)C(=O)[C@@H]43)[C@@H]2c2ccc(O)cc2Cl)C1=O. The summed E-state index contributed by atoms with van der Waals surface area (Å²) in [4.78, 5) is 52.9. The molecule has 31 heavy (non-hydrogen) atoms. The lowest BCUT2D eigenvalue weighted by Gasteiger charge is -2.42. The van der Waals surface area contributed by atoms with Crippen LogP contribution in [0.15, 0.2) is 52.6 Å². The summed E-state index contributed by atoms with van der Waals surface area (Å²) in [5, 5.41) is 10.1. The summed E-state index contributed by atoms with van der Waals surface area (Å²) in [6, 6.07) is 4.55. The van der Waals surface area contributed by atoms with Crippen LogP contribution in [0.3, 0.4) is 0 Å². The van der Waals surface area contributed by atoms with Gasteiger partial charge in [0.2, 0.25) is 11.8 Å². The van der Waals surface area contributed by atoms with Crippen molar-refractivity contribution in [2.24, 2.45) is 17.8 Å². The number of likely N-dealkylation sites (tertiary alicyclic amines) is 1. The number of amides is 2. The Labute approximate surface area is 183 Å². The minimum Gasteiger partial charge on any atom is -0.508 e. The van der Waals surface area contributed by atoms with Gasteiger partial charge in [0.15, 0.2) is 11.6 Å². The summed E-state index contributed by atoms with van der Waals surface area (Å²) in [6.07, 6.45) is 3.94. The van der Waals surface area contributed by atoms with Crippen LogP contribution >= 0.6 is 11.6 Å². The number of phenols is 1. The molecule has 0 aromatic heterocycles. The number of Topliss-reactive ketones (excluding diaryl/α,β-unsaturated/α-hetero) is 1. The van der Waals surface area contributed by atoms with Gasteiger partial charge in [-0.05, 0) is 49.5 Å². The maximum absolute atomic E-state index is 13.1. The van der Waals surface area contributed by atoms with Crippen molar-refractivity contribution >= 4 is 35.0 Å². The molecule has 3 aliphatic carbocycles. The van der Waals surface area contributed by atoms with Crippen molar-refractivity contribution in [3.05, 3.63) is 63.2 Å². The lowest BCUT2D eigenvalue weighted by molar-refractivity contribution is -0.138. The number of carbonyl (C=O) groups excluding carboxylic acids is 4. The Morgan fingerprint density at radius 1 is 1.10 bits per heavy atom. The van der Waals surface area contributed by atoms with Crippen LogP contribution < -0.4 is 0 Å². The molecule has 0 radical (unpaired) electrons. The maximum Gasteiger partial charge on any atom is 0.233 e. The molecular formula is C24H20ClNO5. The number of benzene rings is 1. The first-order valence-corrected chi connectivity index (χ1v) is 10.6. The van der Waals surface area contributed by atoms with Gasteiger partial charge in [-0.15, -0.1) is 0 Å². The van der Waals surface area contributed by atoms with E-state index in [0.29, 0.717) is 28.7 Å². The zero-order chi connectivity index (χ0) is 22.2. The minimum atomic E-state index is -0.600. The highest BCUT2D eigenvalue weighted by atomic mass is 35.5. The molecule has 2 amide bonds. The summed E-state index contributed by atoms with van der Waals surface area (Å²) in [5.41, 5.74) is 2.59. The Balaban J connectivity index is 1.74. The van der Waals surface area contributed by atoms with Gasteiger partial charge in [0.25, 0.3) is 0 Å². The Kier molecular flexibility index (Phi) is 4.35. The molecule has 1 aliphatic heterocycles. The number of fused-ring (bicyclic) bond motifs is 3. The second-order valence-electron chi connectivity index (χ2n) is 8.67. The Bertz CT molecular complexity index is 1190. The number of rotatable bonds is 1. The zero-order valence-corrected chi connectivity index (χ0v) is 17.8. The molecule has 5 rings (SSSR count). The van der Waals surface area contributed by atoms with Gasteiger partial charge in [0, 0.05) is 34.7 Å². The van der Waals surface area contributed by atoms with E-state index in [0.717, 1.165) is 5.57 Å². The fraction of sp³-hybridized carbons (Fsp3) is 0.333. The van der Waals surface area contributed by atoms with Crippen molar-refractivity contribution in [3.8, 4) is 5.75 Å². The van der Waals surface area contributed by atoms with E-state index < -0.39 is 17.8 Å². The van der Waals surface area contributed by atoms with E-state index in [4.69, 9.17) is 11.6 Å². The Hall–Kier alpha value is -2.99. The largest absolute Gasteiger partial charge is 0.508 e. The van der Waals surface area contributed by atoms with E-state index in [1.54, 1.807) is 13.0 Å². The number of halogens is 1. The van der Waals surface area contributed by atoms with Gasteiger partial charge in [0.1, 0.15) is 5.75 Å². The molecule has 1 fully saturated rings. The first-order chi connectivity index (χ1) is 14.7. The van der Waals surface area contributed by atoms with Crippen molar-refractivity contribution in [3.63, 3.8) is 0 Å². The zero-order valence-electron chi connectivity index (χ0n) is 17.0. The van der Waals surface area contributed by atoms with Gasteiger partial charge in [-0.1, -0.05) is 29.3 Å². The van der Waals surface area contributed by atoms with Gasteiger partial charge >= 0.3 is 0 Å². The highest BCUT2D eigenvalue weighted by Gasteiger charge is 2.55. The molecule has 4 aliphatic rings. The second-order valence-corrected chi connectivity index (χ2v) is 9.08. The summed E-state index contributed by atoms with van der Waals surface area (Å²) >= 11 is 6.47. The predicted molar refractivity (Wildman–Crippen MR) is 112 cm³/mol. The van der Waals surface area contributed by atoms with Crippen LogP contribution in [0, 0.1) is 17.8 Å². The van der Waals surface area contributed by atoms with Crippen molar-refractivity contribution in [1.82, 2.24) is 4.90 Å². The topological polar surface area (TPSA) is 91.8 Å². The van der Waals surface area contributed by atoms with Crippen LogP contribution in [0.1, 0.15) is 31.2 Å². The van der Waals surface area contributed by atoms with Crippen LogP contribution in [0.5, 0.6) is 5.75 Å². The Morgan fingerprint density at radius 3 is 2.55 bits per heavy atom. The summed E-state index contributed by atoms with van der Waals surface area (Å²) in [7, 11) is 1.49. The van der Waals surface area contributed by atoms with Crippen molar-refractivity contribution < 1.29 is 24.3 Å². The monoisotopic (exact) mass is 437 g/mol. The van der Waals surface area contributed by atoms with Crippen LogP contribution in [-0.2, 0) is 19.2 Å². The summed E-state index contributed by atoms with van der Waals surface area (Å²) in [5.74, 6) is -2.87. The minimum absolute atomic E-state index is 0.00650. The van der Waals surface area contributed by atoms with Crippen LogP contribution in [-0.4, -0.2) is 40.4 Å². The van der Waals surface area contributed by atoms with Gasteiger partial charge in [-0.25, -0.2) is 0 Å². The molecule has 7 heteroatoms. The third-order valence-corrected chi connectivity index (χ3v) is 7.40. The maximum atomic E-state index is 13.1. The van der Waals surface area contributed by atoms with Gasteiger partial charge < -0.3 is 5.11 Å². The van der Waals surface area contributed by atoms with E-state index in [-0.39, 0.29) is 46.5 Å². The highest BCUT2D eigenvalue weighted by Crippen LogP contribution is 2.55. The van der Waals surface area contributed by atoms with Gasteiger partial charge in [0.05, 0.1) is 11.8 Å². The molecule has 0 spiro atoms. The third kappa shape index (κ3) is 2.71. The first kappa shape index (κ1) is 19.9. The number of hydrogen-bond acceptors (Lipinski definition) is 5. The van der Waals surface area contributed by atoms with E-state index in [1.165, 1.54) is 30.2 Å². The summed E-state index contributed by atoms with van der Waals surface area (Å²) < 4.78 is 0. The molecule has 1 N–H and O–H groups in total. The van der Waals surface area contributed by atoms with Crippen molar-refractivity contribution in [2.75, 3.05) is 7.05 Å². The molecule has 1 saturated heterocycles. The smallest absolute Gasteiger partial charge is 0.233 e. The number of phenolic OH excluding ortho intramolecular Hbond substituents is 1. The molecule has 0 bridgehead atoms. The number of hydrogen-bond donors (Lipinski definition) is 1. The summed E-state index contributed by atoms with van der Waals surface area (Å²) in [6.45, 7) is 1.61. The number of nitrogens with zero attached hydrogens (tertiary/aromatic N) is 1. The van der Waals surface area contributed by atoms with E-state index in [1.807, 2.05) is 6.08 Å².